The van der Waals surface area contributed by atoms with E-state index in [1.807, 2.05) is 68.4 Å². The zero-order chi connectivity index (χ0) is 20.4. The summed E-state index contributed by atoms with van der Waals surface area (Å²) >= 11 is 0. The first kappa shape index (κ1) is 24.7. The van der Waals surface area contributed by atoms with E-state index in [0.29, 0.717) is 18.7 Å². The molecule has 0 saturated carbocycles. The minimum atomic E-state index is -0.00235. The molecule has 7 heteroatoms. The van der Waals surface area contributed by atoms with Gasteiger partial charge >= 0.3 is 0 Å². The lowest BCUT2D eigenvalue weighted by atomic mass is 10.1. The first-order valence-corrected chi connectivity index (χ1v) is 9.54. The van der Waals surface area contributed by atoms with E-state index in [1.54, 1.807) is 19.0 Å². The Morgan fingerprint density at radius 2 is 1.72 bits per heavy atom. The van der Waals surface area contributed by atoms with Gasteiger partial charge in [0.1, 0.15) is 11.9 Å². The van der Waals surface area contributed by atoms with Crippen molar-refractivity contribution in [2.75, 3.05) is 27.2 Å². The van der Waals surface area contributed by atoms with Crippen molar-refractivity contribution in [1.29, 1.82) is 0 Å². The second kappa shape index (κ2) is 13.0. The van der Waals surface area contributed by atoms with Crippen LogP contribution in [0.1, 0.15) is 29.8 Å². The summed E-state index contributed by atoms with van der Waals surface area (Å²) in [7, 11) is 3.49. The SMILES string of the molecule is CCNC(=NCc1ccc(C(=O)N(C)C)cc1)NCC(C)Oc1ccccc1.I. The van der Waals surface area contributed by atoms with Crippen LogP contribution >= 0.6 is 24.0 Å². The van der Waals surface area contributed by atoms with Gasteiger partial charge in [-0.05, 0) is 43.7 Å². The fourth-order valence-electron chi connectivity index (χ4n) is 2.54. The molecule has 0 aromatic heterocycles. The normalized spacial score (nSPS) is 11.8. The van der Waals surface area contributed by atoms with Gasteiger partial charge in [0, 0.05) is 26.2 Å². The molecule has 0 aliphatic carbocycles. The molecular formula is C22H31IN4O2. The number of nitrogens with one attached hydrogen (secondary N) is 2. The maximum Gasteiger partial charge on any atom is 0.253 e. The fourth-order valence-corrected chi connectivity index (χ4v) is 2.54. The summed E-state index contributed by atoms with van der Waals surface area (Å²) in [5, 5.41) is 6.55. The van der Waals surface area contributed by atoms with Crippen molar-refractivity contribution in [3.05, 3.63) is 65.7 Å². The quantitative estimate of drug-likeness (QED) is 0.324. The molecule has 29 heavy (non-hydrogen) atoms. The first-order chi connectivity index (χ1) is 13.5. The largest absolute Gasteiger partial charge is 0.489 e. The van der Waals surface area contributed by atoms with Gasteiger partial charge in [0.25, 0.3) is 5.91 Å². The molecule has 2 aromatic carbocycles. The Hall–Kier alpha value is -2.29. The van der Waals surface area contributed by atoms with Crippen molar-refractivity contribution in [2.24, 2.45) is 4.99 Å². The van der Waals surface area contributed by atoms with E-state index < -0.39 is 0 Å². The Morgan fingerprint density at radius 1 is 1.07 bits per heavy atom. The van der Waals surface area contributed by atoms with Crippen LogP contribution in [0.2, 0.25) is 0 Å². The van der Waals surface area contributed by atoms with Gasteiger partial charge in [-0.3, -0.25) is 4.79 Å². The minimum Gasteiger partial charge on any atom is -0.489 e. The van der Waals surface area contributed by atoms with E-state index in [2.05, 4.69) is 15.6 Å². The van der Waals surface area contributed by atoms with E-state index in [-0.39, 0.29) is 36.0 Å². The number of nitrogens with zero attached hydrogens (tertiary/aromatic N) is 2. The highest BCUT2D eigenvalue weighted by molar-refractivity contribution is 14.0. The van der Waals surface area contributed by atoms with Crippen molar-refractivity contribution < 1.29 is 9.53 Å². The molecule has 2 N–H and O–H groups in total. The second-order valence-corrected chi connectivity index (χ2v) is 6.71. The molecule has 0 radical (unpaired) electrons. The summed E-state index contributed by atoms with van der Waals surface area (Å²) in [5.74, 6) is 1.59. The number of hydrogen-bond donors (Lipinski definition) is 2. The van der Waals surface area contributed by atoms with Crippen LogP contribution < -0.4 is 15.4 Å². The molecular weight excluding hydrogens is 479 g/mol. The Kier molecular flexibility index (Phi) is 11.1. The number of hydrogen-bond acceptors (Lipinski definition) is 3. The van der Waals surface area contributed by atoms with Gasteiger partial charge in [0.2, 0.25) is 0 Å². The molecule has 158 valence electrons. The van der Waals surface area contributed by atoms with E-state index >= 15 is 0 Å². The highest BCUT2D eigenvalue weighted by atomic mass is 127. The molecule has 1 atom stereocenters. The number of carbonyl (C=O) groups is 1. The highest BCUT2D eigenvalue weighted by Crippen LogP contribution is 2.10. The summed E-state index contributed by atoms with van der Waals surface area (Å²) in [6, 6.07) is 17.3. The third-order valence-corrected chi connectivity index (χ3v) is 4.01. The predicted molar refractivity (Wildman–Crippen MR) is 129 cm³/mol. The number of ether oxygens (including phenoxy) is 1. The van der Waals surface area contributed by atoms with Crippen LogP contribution in [0.5, 0.6) is 5.75 Å². The number of para-hydroxylation sites is 1. The van der Waals surface area contributed by atoms with Crippen LogP contribution in [0.3, 0.4) is 0 Å². The highest BCUT2D eigenvalue weighted by Gasteiger charge is 2.08. The average molecular weight is 510 g/mol. The van der Waals surface area contributed by atoms with E-state index in [9.17, 15) is 4.79 Å². The van der Waals surface area contributed by atoms with Crippen molar-refractivity contribution in [3.63, 3.8) is 0 Å². The van der Waals surface area contributed by atoms with Gasteiger partial charge in [-0.1, -0.05) is 30.3 Å². The lowest BCUT2D eigenvalue weighted by Gasteiger charge is -2.17. The Morgan fingerprint density at radius 3 is 2.31 bits per heavy atom. The van der Waals surface area contributed by atoms with Crippen LogP contribution in [0.25, 0.3) is 0 Å². The molecule has 2 rings (SSSR count). The number of benzene rings is 2. The predicted octanol–water partition coefficient (Wildman–Crippen LogP) is 3.53. The van der Waals surface area contributed by atoms with Gasteiger partial charge in [0.05, 0.1) is 13.1 Å². The van der Waals surface area contributed by atoms with Crippen molar-refractivity contribution in [3.8, 4) is 5.75 Å². The standard InChI is InChI=1S/C22H30N4O2.HI/c1-5-23-22(24-15-17(2)28-20-9-7-6-8-10-20)25-16-18-11-13-19(14-12-18)21(27)26(3)4;/h6-14,17H,5,15-16H2,1-4H3,(H2,23,24,25);1H. The van der Waals surface area contributed by atoms with Gasteiger partial charge in [-0.25, -0.2) is 4.99 Å². The smallest absolute Gasteiger partial charge is 0.253 e. The summed E-state index contributed by atoms with van der Waals surface area (Å²) in [6.45, 7) is 5.99. The summed E-state index contributed by atoms with van der Waals surface area (Å²) in [5.41, 5.74) is 1.72. The summed E-state index contributed by atoms with van der Waals surface area (Å²) < 4.78 is 5.88. The number of halogens is 1. The molecule has 0 aliphatic rings. The number of guanidine groups is 1. The Bertz CT molecular complexity index is 764. The monoisotopic (exact) mass is 510 g/mol. The fraction of sp³-hybridized carbons (Fsp3) is 0.364. The zero-order valence-electron chi connectivity index (χ0n) is 17.5. The van der Waals surface area contributed by atoms with Crippen molar-refractivity contribution >= 4 is 35.8 Å². The second-order valence-electron chi connectivity index (χ2n) is 6.71. The number of rotatable bonds is 8. The first-order valence-electron chi connectivity index (χ1n) is 9.54. The maximum absolute atomic E-state index is 12.0. The molecule has 0 saturated heterocycles. The van der Waals surface area contributed by atoms with Gasteiger partial charge in [-0.2, -0.15) is 0 Å². The molecule has 6 nitrogen and oxygen atoms in total. The van der Waals surface area contributed by atoms with Crippen LogP contribution in [-0.2, 0) is 6.54 Å². The van der Waals surface area contributed by atoms with Crippen LogP contribution in [-0.4, -0.2) is 50.1 Å². The maximum atomic E-state index is 12.0. The van der Waals surface area contributed by atoms with Crippen molar-refractivity contribution in [1.82, 2.24) is 15.5 Å². The topological polar surface area (TPSA) is 66.0 Å². The third-order valence-electron chi connectivity index (χ3n) is 4.01. The van der Waals surface area contributed by atoms with E-state index in [4.69, 9.17) is 4.74 Å². The summed E-state index contributed by atoms with van der Waals surface area (Å²) in [6.07, 6.45) is 0.00239. The molecule has 0 fully saturated rings. The Labute approximate surface area is 190 Å². The lowest BCUT2D eigenvalue weighted by Crippen LogP contribution is -2.41. The zero-order valence-corrected chi connectivity index (χ0v) is 19.8. The van der Waals surface area contributed by atoms with Gasteiger partial charge in [0.15, 0.2) is 5.96 Å². The minimum absolute atomic E-state index is 0. The van der Waals surface area contributed by atoms with Gasteiger partial charge < -0.3 is 20.3 Å². The number of aliphatic imine (C=N–C) groups is 1. The average Bonchev–Trinajstić information content (AvgIpc) is 2.70. The van der Waals surface area contributed by atoms with Gasteiger partial charge in [-0.15, -0.1) is 24.0 Å². The van der Waals surface area contributed by atoms with Crippen LogP contribution in [0.15, 0.2) is 59.6 Å². The molecule has 2 aromatic rings. The lowest BCUT2D eigenvalue weighted by molar-refractivity contribution is 0.0827. The molecule has 0 aliphatic heterocycles. The van der Waals surface area contributed by atoms with E-state index in [1.165, 1.54) is 0 Å². The number of carbonyl (C=O) groups excluding carboxylic acids is 1. The van der Waals surface area contributed by atoms with E-state index in [0.717, 1.165) is 23.8 Å². The third kappa shape index (κ3) is 8.72. The van der Waals surface area contributed by atoms with Crippen LogP contribution in [0, 0.1) is 0 Å². The molecule has 0 spiro atoms. The van der Waals surface area contributed by atoms with Crippen LogP contribution in [0.4, 0.5) is 0 Å². The van der Waals surface area contributed by atoms with Crippen molar-refractivity contribution in [2.45, 2.75) is 26.5 Å². The molecule has 1 unspecified atom stereocenters. The Balaban J connectivity index is 0.00000420. The molecule has 0 bridgehead atoms. The molecule has 0 heterocycles. The molecule has 1 amide bonds. The summed E-state index contributed by atoms with van der Waals surface area (Å²) in [4.78, 5) is 18.1. The number of amides is 1.